The summed E-state index contributed by atoms with van der Waals surface area (Å²) in [6, 6.07) is 7.79. The van der Waals surface area contributed by atoms with E-state index in [0.717, 1.165) is 12.1 Å². The number of aliphatic hydroxyl groups is 1. The molecule has 8 nitrogen and oxygen atoms in total. The molecule has 1 N–H and O–H groups in total. The van der Waals surface area contributed by atoms with Crippen molar-refractivity contribution in [1.29, 1.82) is 0 Å². The lowest BCUT2D eigenvalue weighted by molar-refractivity contribution is -0.156. The van der Waals surface area contributed by atoms with Crippen LogP contribution in [0.25, 0.3) is 0 Å². The van der Waals surface area contributed by atoms with Gasteiger partial charge in [0.15, 0.2) is 0 Å². The van der Waals surface area contributed by atoms with E-state index < -0.39 is 35.1 Å². The average Bonchev–Trinajstić information content (AvgIpc) is 3.16. The molecule has 38 heavy (non-hydrogen) atoms. The van der Waals surface area contributed by atoms with Crippen LogP contribution in [-0.2, 0) is 19.1 Å². The van der Waals surface area contributed by atoms with Crippen molar-refractivity contribution in [3.05, 3.63) is 54.6 Å². The molecule has 2 fully saturated rings. The molecule has 7 atom stereocenters. The van der Waals surface area contributed by atoms with E-state index in [9.17, 15) is 19.5 Å². The van der Waals surface area contributed by atoms with Crippen LogP contribution in [0.4, 0.5) is 5.69 Å². The number of carbonyl (C=O) groups excluding carboxylic acids is 3. The number of benzene rings is 1. The zero-order valence-electron chi connectivity index (χ0n) is 22.9. The van der Waals surface area contributed by atoms with Crippen molar-refractivity contribution in [1.82, 2.24) is 9.80 Å². The molecule has 0 saturated carbocycles. The Hall–Kier alpha value is -2.97. The third-order valence-electron chi connectivity index (χ3n) is 9.06. The average molecular weight is 522 g/mol. The molecule has 0 radical (unpaired) electrons. The zero-order chi connectivity index (χ0) is 27.4. The highest BCUT2D eigenvalue weighted by molar-refractivity contribution is 6.04. The summed E-state index contributed by atoms with van der Waals surface area (Å²) in [5, 5.41) is 10.5. The number of hydrogen-bond acceptors (Lipinski definition) is 5. The minimum atomic E-state index is -1.32. The van der Waals surface area contributed by atoms with Gasteiger partial charge in [-0.25, -0.2) is 0 Å². The molecule has 1 aromatic rings. The summed E-state index contributed by atoms with van der Waals surface area (Å²) >= 11 is 0. The molecule has 0 bridgehead atoms. The second kappa shape index (κ2) is 9.65. The molecule has 4 aliphatic heterocycles. The predicted octanol–water partition coefficient (Wildman–Crippen LogP) is 2.77. The van der Waals surface area contributed by atoms with E-state index in [1.54, 1.807) is 14.7 Å². The second-order valence-electron chi connectivity index (χ2n) is 11.6. The lowest BCUT2D eigenvalue weighted by Gasteiger charge is -2.42. The molecule has 0 aromatic heterocycles. The predicted molar refractivity (Wildman–Crippen MR) is 144 cm³/mol. The lowest BCUT2D eigenvalue weighted by Crippen LogP contribution is -2.60. The fraction of sp³-hybridized carbons (Fsp3) is 0.567. The van der Waals surface area contributed by atoms with Crippen LogP contribution < -0.4 is 4.90 Å². The summed E-state index contributed by atoms with van der Waals surface area (Å²) in [4.78, 5) is 48.1. The summed E-state index contributed by atoms with van der Waals surface area (Å²) in [5.41, 5.74) is -1.65. The van der Waals surface area contributed by atoms with Crippen molar-refractivity contribution in [2.75, 3.05) is 24.6 Å². The van der Waals surface area contributed by atoms with Gasteiger partial charge in [0, 0.05) is 24.8 Å². The minimum absolute atomic E-state index is 0.0516. The fourth-order valence-corrected chi connectivity index (χ4v) is 6.95. The molecule has 0 aliphatic carbocycles. The number of likely N-dealkylation sites (tertiary alicyclic amines) is 1. The number of fused-ring (bicyclic) bond motifs is 2. The number of hydrogen-bond donors (Lipinski definition) is 1. The van der Waals surface area contributed by atoms with Gasteiger partial charge < -0.3 is 24.5 Å². The van der Waals surface area contributed by atoms with Gasteiger partial charge in [0.1, 0.15) is 11.6 Å². The molecule has 5 rings (SSSR count). The molecule has 4 aliphatic rings. The Morgan fingerprint density at radius 3 is 2.29 bits per heavy atom. The highest BCUT2D eigenvalue weighted by Crippen LogP contribution is 2.58. The first-order valence-electron chi connectivity index (χ1n) is 13.8. The third-order valence-corrected chi connectivity index (χ3v) is 9.06. The van der Waals surface area contributed by atoms with Crippen LogP contribution in [0.15, 0.2) is 54.6 Å². The Morgan fingerprint density at radius 1 is 0.974 bits per heavy atom. The number of ether oxygens (including phenoxy) is 1. The van der Waals surface area contributed by atoms with Crippen molar-refractivity contribution in [3.8, 4) is 0 Å². The summed E-state index contributed by atoms with van der Waals surface area (Å²) in [6.45, 7) is 10.2. The quantitative estimate of drug-likeness (QED) is 0.582. The first-order valence-corrected chi connectivity index (χ1v) is 13.8. The molecule has 2 saturated heterocycles. The van der Waals surface area contributed by atoms with Crippen LogP contribution in [-0.4, -0.2) is 81.7 Å². The zero-order valence-corrected chi connectivity index (χ0v) is 22.9. The molecule has 204 valence electrons. The topological polar surface area (TPSA) is 90.4 Å². The largest absolute Gasteiger partial charge is 0.394 e. The molecular weight excluding hydrogens is 482 g/mol. The molecule has 1 aromatic carbocycles. The number of anilines is 1. The number of para-hydroxylation sites is 1. The third kappa shape index (κ3) is 3.75. The summed E-state index contributed by atoms with van der Waals surface area (Å²) < 4.78 is 6.88. The van der Waals surface area contributed by atoms with E-state index in [4.69, 9.17) is 4.74 Å². The van der Waals surface area contributed by atoms with E-state index in [0.29, 0.717) is 13.1 Å². The van der Waals surface area contributed by atoms with Gasteiger partial charge in [-0.3, -0.25) is 14.4 Å². The Morgan fingerprint density at radius 2 is 1.66 bits per heavy atom. The second-order valence-corrected chi connectivity index (χ2v) is 11.6. The van der Waals surface area contributed by atoms with Gasteiger partial charge in [-0.2, -0.15) is 0 Å². The van der Waals surface area contributed by atoms with Crippen LogP contribution in [0.5, 0.6) is 0 Å². The molecule has 1 spiro atoms. The van der Waals surface area contributed by atoms with Gasteiger partial charge in [-0.15, -0.1) is 0 Å². The summed E-state index contributed by atoms with van der Waals surface area (Å²) in [7, 11) is 0. The Balaban J connectivity index is 1.68. The maximum absolute atomic E-state index is 14.5. The highest BCUT2D eigenvalue weighted by Gasteiger charge is 2.75. The standard InChI is InChI=1S/C30H39N3O5/c1-6-20(4)22(18-34)33-25-28(37)31(19(2)3)16-11-15-30(25)24(27(33)36)23-26(35)32(21-12-8-7-9-13-21)17-10-14-29(23,5)38-30/h7-15,19-20,22-25,34H,6,16-18H2,1-5H3/t20-,22-,23-,24-,25?,29+,30-/m0/s1. The van der Waals surface area contributed by atoms with Crippen LogP contribution in [0.2, 0.25) is 0 Å². The fourth-order valence-electron chi connectivity index (χ4n) is 6.95. The first kappa shape index (κ1) is 26.6. The number of rotatable bonds is 6. The van der Waals surface area contributed by atoms with Gasteiger partial charge in [0.05, 0.1) is 30.1 Å². The number of carbonyl (C=O) groups is 3. The number of amides is 3. The van der Waals surface area contributed by atoms with Gasteiger partial charge >= 0.3 is 0 Å². The van der Waals surface area contributed by atoms with Crippen molar-refractivity contribution in [3.63, 3.8) is 0 Å². The maximum atomic E-state index is 14.5. The van der Waals surface area contributed by atoms with E-state index in [1.807, 2.05) is 89.3 Å². The molecular formula is C30H39N3O5. The van der Waals surface area contributed by atoms with Crippen molar-refractivity contribution in [2.24, 2.45) is 17.8 Å². The summed E-state index contributed by atoms with van der Waals surface area (Å²) in [6.07, 6.45) is 8.29. The molecule has 3 amide bonds. The van der Waals surface area contributed by atoms with Gasteiger partial charge in [0.2, 0.25) is 17.7 Å². The normalized spacial score (nSPS) is 34.2. The van der Waals surface area contributed by atoms with Crippen LogP contribution in [0.3, 0.4) is 0 Å². The number of nitrogens with zero attached hydrogens (tertiary/aromatic N) is 3. The maximum Gasteiger partial charge on any atom is 0.249 e. The lowest BCUT2D eigenvalue weighted by atomic mass is 9.74. The van der Waals surface area contributed by atoms with E-state index in [2.05, 4.69) is 0 Å². The highest BCUT2D eigenvalue weighted by atomic mass is 16.5. The van der Waals surface area contributed by atoms with Crippen LogP contribution in [0, 0.1) is 17.8 Å². The molecule has 1 unspecified atom stereocenters. The monoisotopic (exact) mass is 521 g/mol. The Bertz CT molecular complexity index is 1170. The first-order chi connectivity index (χ1) is 18.1. The summed E-state index contributed by atoms with van der Waals surface area (Å²) in [5.74, 6) is -2.49. The molecule has 4 heterocycles. The molecule has 8 heteroatoms. The van der Waals surface area contributed by atoms with E-state index in [1.165, 1.54) is 0 Å². The minimum Gasteiger partial charge on any atom is -0.394 e. The number of aliphatic hydroxyl groups excluding tert-OH is 1. The Labute approximate surface area is 224 Å². The van der Waals surface area contributed by atoms with Crippen molar-refractivity contribution < 1.29 is 24.2 Å². The van der Waals surface area contributed by atoms with Crippen molar-refractivity contribution >= 4 is 23.4 Å². The van der Waals surface area contributed by atoms with Gasteiger partial charge in [0.25, 0.3) is 0 Å². The Kier molecular flexibility index (Phi) is 6.76. The van der Waals surface area contributed by atoms with Crippen LogP contribution >= 0.6 is 0 Å². The van der Waals surface area contributed by atoms with E-state index >= 15 is 0 Å². The van der Waals surface area contributed by atoms with Crippen molar-refractivity contribution in [2.45, 2.75) is 70.4 Å². The van der Waals surface area contributed by atoms with Gasteiger partial charge in [-0.1, -0.05) is 62.8 Å². The smallest absolute Gasteiger partial charge is 0.249 e. The van der Waals surface area contributed by atoms with Gasteiger partial charge in [-0.05, 0) is 38.8 Å². The van der Waals surface area contributed by atoms with E-state index in [-0.39, 0.29) is 36.3 Å². The SMILES string of the molecule is CC[C@H](C)[C@H](CO)N1C(=O)[C@@H]2[C@H]3C(=O)N(c4ccccc4)CC=C[C@@]3(C)O[C@@]23C=CCN(C(C)C)C(=O)C13. The van der Waals surface area contributed by atoms with Crippen LogP contribution in [0.1, 0.15) is 41.0 Å².